The molecule has 0 fully saturated rings. The number of carbonyl (C=O) groups excluding carboxylic acids is 1. The van der Waals surface area contributed by atoms with E-state index in [1.807, 2.05) is 0 Å². The number of benzene rings is 1. The summed E-state index contributed by atoms with van der Waals surface area (Å²) in [5.41, 5.74) is -1.40. The van der Waals surface area contributed by atoms with Crippen LogP contribution in [0.3, 0.4) is 0 Å². The number of hydrogen-bond donors (Lipinski definition) is 1. The van der Waals surface area contributed by atoms with E-state index in [2.05, 4.69) is 9.47 Å². The second kappa shape index (κ2) is 5.48. The van der Waals surface area contributed by atoms with Crippen LogP contribution in [0, 0.1) is 11.3 Å². The molecule has 0 heterocycles. The maximum atomic E-state index is 12.2. The fourth-order valence-electron chi connectivity index (χ4n) is 1.30. The van der Waals surface area contributed by atoms with Crippen molar-refractivity contribution in [1.82, 2.24) is 0 Å². The molecule has 0 spiro atoms. The minimum absolute atomic E-state index is 0.106. The van der Waals surface area contributed by atoms with Crippen LogP contribution in [0.2, 0.25) is 0 Å². The van der Waals surface area contributed by atoms with Crippen LogP contribution in [-0.2, 0) is 4.74 Å². The summed E-state index contributed by atoms with van der Waals surface area (Å²) < 4.78 is 44.7. The Morgan fingerprint density at radius 2 is 2.11 bits per heavy atom. The summed E-state index contributed by atoms with van der Waals surface area (Å²) in [6, 6.07) is 2.98. The maximum Gasteiger partial charge on any atom is 0.573 e. The zero-order valence-electron chi connectivity index (χ0n) is 9.61. The fraction of sp³-hybridized carbons (Fsp3) is 0.273. The van der Waals surface area contributed by atoms with E-state index in [0.717, 1.165) is 12.1 Å². The molecule has 0 saturated heterocycles. The van der Waals surface area contributed by atoms with Crippen molar-refractivity contribution in [3.63, 3.8) is 0 Å². The fourth-order valence-corrected chi connectivity index (χ4v) is 1.30. The van der Waals surface area contributed by atoms with Crippen molar-refractivity contribution in [3.8, 4) is 17.6 Å². The summed E-state index contributed by atoms with van der Waals surface area (Å²) >= 11 is 0. The van der Waals surface area contributed by atoms with Crippen LogP contribution < -0.4 is 4.74 Å². The minimum atomic E-state index is -5.04. The first kappa shape index (κ1) is 14.6. The van der Waals surface area contributed by atoms with Crippen LogP contribution in [0.5, 0.6) is 11.5 Å². The van der Waals surface area contributed by atoms with Crippen molar-refractivity contribution >= 4 is 5.97 Å². The molecule has 1 aromatic rings. The summed E-state index contributed by atoms with van der Waals surface area (Å²) in [5.74, 6) is -2.73. The Kier molecular flexibility index (Phi) is 4.22. The number of rotatable bonds is 3. The minimum Gasteiger partial charge on any atom is -0.507 e. The van der Waals surface area contributed by atoms with Gasteiger partial charge in [0.15, 0.2) is 0 Å². The number of hydrogen-bond acceptors (Lipinski definition) is 5. The number of ether oxygens (including phenoxy) is 2. The van der Waals surface area contributed by atoms with Gasteiger partial charge in [-0.05, 0) is 19.1 Å². The van der Waals surface area contributed by atoms with E-state index < -0.39 is 35.0 Å². The number of alkyl halides is 3. The number of phenolic OH excluding ortho intramolecular Hbond substituents is 1. The van der Waals surface area contributed by atoms with Crippen LogP contribution in [0.15, 0.2) is 12.1 Å². The van der Waals surface area contributed by atoms with Crippen LogP contribution in [-0.4, -0.2) is 24.0 Å². The molecule has 5 nitrogen and oxygen atoms in total. The van der Waals surface area contributed by atoms with Gasteiger partial charge in [-0.25, -0.2) is 4.79 Å². The van der Waals surface area contributed by atoms with Crippen molar-refractivity contribution in [1.29, 1.82) is 5.26 Å². The van der Waals surface area contributed by atoms with Gasteiger partial charge in [-0.3, -0.25) is 0 Å². The molecule has 0 radical (unpaired) electrons. The Hall–Kier alpha value is -2.43. The highest BCUT2D eigenvalue weighted by Gasteiger charge is 2.34. The number of carbonyl (C=O) groups is 1. The molecule has 102 valence electrons. The topological polar surface area (TPSA) is 79.6 Å². The molecule has 0 saturated carbocycles. The molecule has 0 bridgehead atoms. The monoisotopic (exact) mass is 275 g/mol. The van der Waals surface area contributed by atoms with E-state index in [4.69, 9.17) is 5.26 Å². The predicted molar refractivity (Wildman–Crippen MR) is 55.5 cm³/mol. The highest BCUT2D eigenvalue weighted by molar-refractivity contribution is 5.96. The van der Waals surface area contributed by atoms with E-state index in [1.54, 1.807) is 0 Å². The first-order valence-electron chi connectivity index (χ1n) is 4.99. The van der Waals surface area contributed by atoms with Crippen molar-refractivity contribution in [2.75, 3.05) is 6.61 Å². The zero-order chi connectivity index (χ0) is 14.6. The zero-order valence-corrected chi connectivity index (χ0v) is 9.61. The summed E-state index contributed by atoms with van der Waals surface area (Å²) in [7, 11) is 0. The molecule has 1 aromatic carbocycles. The molecule has 0 unspecified atom stereocenters. The van der Waals surface area contributed by atoms with Crippen molar-refractivity contribution in [2.24, 2.45) is 0 Å². The molecule has 19 heavy (non-hydrogen) atoms. The Morgan fingerprint density at radius 1 is 1.47 bits per heavy atom. The second-order valence-electron chi connectivity index (χ2n) is 3.21. The quantitative estimate of drug-likeness (QED) is 0.856. The third-order valence-corrected chi connectivity index (χ3v) is 1.96. The van der Waals surface area contributed by atoms with Gasteiger partial charge in [-0.15, -0.1) is 13.2 Å². The number of nitrogens with zero attached hydrogens (tertiary/aromatic N) is 1. The highest BCUT2D eigenvalue weighted by Crippen LogP contribution is 2.33. The van der Waals surface area contributed by atoms with Crippen LogP contribution in [0.25, 0.3) is 0 Å². The Morgan fingerprint density at radius 3 is 2.58 bits per heavy atom. The molecular weight excluding hydrogens is 267 g/mol. The lowest BCUT2D eigenvalue weighted by molar-refractivity contribution is -0.274. The molecule has 0 aromatic heterocycles. The van der Waals surface area contributed by atoms with Gasteiger partial charge < -0.3 is 14.6 Å². The molecule has 0 amide bonds. The van der Waals surface area contributed by atoms with Gasteiger partial charge >= 0.3 is 12.3 Å². The van der Waals surface area contributed by atoms with E-state index >= 15 is 0 Å². The van der Waals surface area contributed by atoms with E-state index in [1.165, 1.54) is 13.0 Å². The van der Waals surface area contributed by atoms with Gasteiger partial charge in [0.05, 0.1) is 6.61 Å². The van der Waals surface area contributed by atoms with Crippen LogP contribution in [0.1, 0.15) is 22.8 Å². The lowest BCUT2D eigenvalue weighted by Crippen LogP contribution is -2.20. The van der Waals surface area contributed by atoms with Gasteiger partial charge in [0.1, 0.15) is 28.7 Å². The van der Waals surface area contributed by atoms with E-state index in [9.17, 15) is 23.1 Å². The van der Waals surface area contributed by atoms with E-state index in [0.29, 0.717) is 0 Å². The smallest absolute Gasteiger partial charge is 0.507 e. The summed E-state index contributed by atoms with van der Waals surface area (Å²) in [6.07, 6.45) is -5.04. The van der Waals surface area contributed by atoms with Crippen molar-refractivity contribution < 1.29 is 32.5 Å². The van der Waals surface area contributed by atoms with Gasteiger partial charge in [0.2, 0.25) is 0 Å². The van der Waals surface area contributed by atoms with E-state index in [-0.39, 0.29) is 6.61 Å². The Bertz CT molecular complexity index is 534. The molecule has 1 rings (SSSR count). The normalized spacial score (nSPS) is 10.7. The third kappa shape index (κ3) is 3.51. The van der Waals surface area contributed by atoms with Gasteiger partial charge in [0, 0.05) is 0 Å². The Labute approximate surface area is 105 Å². The molecule has 0 aliphatic rings. The average Bonchev–Trinajstić information content (AvgIpc) is 2.29. The van der Waals surface area contributed by atoms with Crippen molar-refractivity contribution in [3.05, 3.63) is 23.3 Å². The molecule has 1 N–H and O–H groups in total. The van der Waals surface area contributed by atoms with Gasteiger partial charge in [-0.2, -0.15) is 5.26 Å². The lowest BCUT2D eigenvalue weighted by atomic mass is 10.1. The Balaban J connectivity index is 3.39. The van der Waals surface area contributed by atoms with Gasteiger partial charge in [-0.1, -0.05) is 0 Å². The SMILES string of the molecule is CCOC(=O)c1c(OC(F)(F)F)ccc(O)c1C#N. The summed E-state index contributed by atoms with van der Waals surface area (Å²) in [4.78, 5) is 11.6. The van der Waals surface area contributed by atoms with Crippen molar-refractivity contribution in [2.45, 2.75) is 13.3 Å². The number of halogens is 3. The number of aromatic hydroxyl groups is 1. The molecule has 0 atom stereocenters. The molecular formula is C11H8F3NO4. The first-order chi connectivity index (χ1) is 8.80. The average molecular weight is 275 g/mol. The number of esters is 1. The largest absolute Gasteiger partial charge is 0.573 e. The summed E-state index contributed by atoms with van der Waals surface area (Å²) in [6.45, 7) is 1.34. The van der Waals surface area contributed by atoms with Crippen LogP contribution >= 0.6 is 0 Å². The molecule has 0 aliphatic carbocycles. The number of nitriles is 1. The second-order valence-corrected chi connectivity index (χ2v) is 3.21. The summed E-state index contributed by atoms with van der Waals surface area (Å²) in [5, 5.41) is 18.1. The third-order valence-electron chi connectivity index (χ3n) is 1.96. The first-order valence-corrected chi connectivity index (χ1v) is 4.99. The molecule has 8 heteroatoms. The lowest BCUT2D eigenvalue weighted by Gasteiger charge is -2.14. The predicted octanol–water partition coefficient (Wildman–Crippen LogP) is 2.34. The highest BCUT2D eigenvalue weighted by atomic mass is 19.4. The maximum absolute atomic E-state index is 12.2. The standard InChI is InChI=1S/C11H8F3NO4/c1-2-18-10(17)9-6(5-15)7(16)3-4-8(9)19-11(12,13)14/h3-4,16H,2H2,1H3. The molecule has 0 aliphatic heterocycles. The van der Waals surface area contributed by atoms with Gasteiger partial charge in [0.25, 0.3) is 0 Å². The number of phenols is 1. The van der Waals surface area contributed by atoms with Crippen LogP contribution in [0.4, 0.5) is 13.2 Å².